The van der Waals surface area contributed by atoms with Gasteiger partial charge in [0.05, 0.1) is 39.0 Å². The molecule has 0 aliphatic heterocycles. The van der Waals surface area contributed by atoms with Gasteiger partial charge in [-0.15, -0.1) is 0 Å². The van der Waals surface area contributed by atoms with Gasteiger partial charge < -0.3 is 9.13 Å². The van der Waals surface area contributed by atoms with E-state index in [0.29, 0.717) is 5.82 Å². The number of pyridine rings is 1. The summed E-state index contributed by atoms with van der Waals surface area (Å²) in [7, 11) is 0. The summed E-state index contributed by atoms with van der Waals surface area (Å²) in [5.41, 5.74) is 17.2. The Morgan fingerprint density at radius 1 is 0.303 bits per heavy atom. The second-order valence-electron chi connectivity index (χ2n) is 16.8. The fourth-order valence-electron chi connectivity index (χ4n) is 9.86. The third kappa shape index (κ3) is 6.28. The minimum Gasteiger partial charge on any atom is -0.309 e. The van der Waals surface area contributed by atoms with E-state index in [4.69, 9.17) is 15.0 Å². The first-order valence-electron chi connectivity index (χ1n) is 22.3. The van der Waals surface area contributed by atoms with Gasteiger partial charge in [0.2, 0.25) is 0 Å². The summed E-state index contributed by atoms with van der Waals surface area (Å²) < 4.78 is 4.78. The number of benzene rings is 9. The zero-order valence-corrected chi connectivity index (χ0v) is 35.8. The highest BCUT2D eigenvalue weighted by atomic mass is 15.0. The molecular formula is C61H39N5. The van der Waals surface area contributed by atoms with Gasteiger partial charge in [-0.2, -0.15) is 0 Å². The van der Waals surface area contributed by atoms with Crippen LogP contribution < -0.4 is 0 Å². The van der Waals surface area contributed by atoms with Crippen LogP contribution in [0.1, 0.15) is 0 Å². The number of nitrogens with zero attached hydrogens (tertiary/aromatic N) is 5. The van der Waals surface area contributed by atoms with Crippen LogP contribution >= 0.6 is 0 Å². The lowest BCUT2D eigenvalue weighted by molar-refractivity contribution is 1.16. The molecule has 13 rings (SSSR count). The van der Waals surface area contributed by atoms with Gasteiger partial charge in [-0.1, -0.05) is 164 Å². The second-order valence-corrected chi connectivity index (χ2v) is 16.8. The molecule has 9 aromatic carbocycles. The highest BCUT2D eigenvalue weighted by molar-refractivity contribution is 6.20. The molecular weight excluding hydrogens is 803 g/mol. The normalized spacial score (nSPS) is 11.6. The summed E-state index contributed by atoms with van der Waals surface area (Å²) >= 11 is 0. The minimum absolute atomic E-state index is 0.684. The predicted octanol–water partition coefficient (Wildman–Crippen LogP) is 15.6. The van der Waals surface area contributed by atoms with Gasteiger partial charge in [0.1, 0.15) is 0 Å². The first-order valence-corrected chi connectivity index (χ1v) is 22.3. The lowest BCUT2D eigenvalue weighted by Crippen LogP contribution is -1.98. The molecule has 4 aromatic heterocycles. The summed E-state index contributed by atoms with van der Waals surface area (Å²) in [5, 5.41) is 5.85. The van der Waals surface area contributed by atoms with Crippen molar-refractivity contribution in [3.8, 4) is 67.5 Å². The Bertz CT molecular complexity index is 3920. The third-order valence-electron chi connectivity index (χ3n) is 12.9. The van der Waals surface area contributed by atoms with Crippen LogP contribution in [0.3, 0.4) is 0 Å². The Hall–Kier alpha value is -8.93. The van der Waals surface area contributed by atoms with Crippen LogP contribution in [-0.2, 0) is 0 Å². The molecule has 308 valence electrons. The van der Waals surface area contributed by atoms with Crippen LogP contribution in [0.2, 0.25) is 0 Å². The Kier molecular flexibility index (Phi) is 8.78. The van der Waals surface area contributed by atoms with E-state index >= 15 is 0 Å². The van der Waals surface area contributed by atoms with Crippen LogP contribution in [0.4, 0.5) is 0 Å². The van der Waals surface area contributed by atoms with Gasteiger partial charge in [0, 0.05) is 61.2 Å². The van der Waals surface area contributed by atoms with E-state index in [1.54, 1.807) is 0 Å². The van der Waals surface area contributed by atoms with Crippen molar-refractivity contribution < 1.29 is 0 Å². The topological polar surface area (TPSA) is 48.5 Å². The third-order valence-corrected chi connectivity index (χ3v) is 12.9. The summed E-state index contributed by atoms with van der Waals surface area (Å²) in [6.07, 6.45) is 1.90. The molecule has 0 unspecified atom stereocenters. The second kappa shape index (κ2) is 15.4. The first kappa shape index (κ1) is 37.6. The molecule has 5 nitrogen and oxygen atoms in total. The van der Waals surface area contributed by atoms with E-state index < -0.39 is 0 Å². The maximum Gasteiger partial charge on any atom is 0.160 e. The lowest BCUT2D eigenvalue weighted by Gasteiger charge is -2.12. The molecule has 66 heavy (non-hydrogen) atoms. The number of rotatable bonds is 7. The van der Waals surface area contributed by atoms with Crippen molar-refractivity contribution in [2.75, 3.05) is 0 Å². The van der Waals surface area contributed by atoms with Crippen molar-refractivity contribution in [1.29, 1.82) is 0 Å². The molecule has 13 aromatic rings. The summed E-state index contributed by atoms with van der Waals surface area (Å²) in [6, 6.07) is 82.0. The molecule has 0 saturated heterocycles. The monoisotopic (exact) mass is 841 g/mol. The molecule has 0 N–H and O–H groups in total. The van der Waals surface area contributed by atoms with Crippen molar-refractivity contribution in [1.82, 2.24) is 24.1 Å². The lowest BCUT2D eigenvalue weighted by atomic mass is 10.0. The minimum atomic E-state index is 0.684. The van der Waals surface area contributed by atoms with E-state index in [-0.39, 0.29) is 0 Å². The largest absolute Gasteiger partial charge is 0.309 e. The standard InChI is InChI=1S/C61H39N5/c1-4-15-40(16-5-1)44-21-12-24-48(35-44)66-57-33-29-43-23-14-34-62-60(43)59(57)51-31-28-46(38-58(51)66)45-30-32-56-52(37-45)50-26-10-11-27-55(50)65(56)49-25-13-22-47(36-49)61-63-53(41-17-6-2-7-18-41)39-54(64-61)42-19-8-3-9-20-42/h1-39H. The van der Waals surface area contributed by atoms with Gasteiger partial charge in [0.15, 0.2) is 5.82 Å². The molecule has 0 aliphatic rings. The van der Waals surface area contributed by atoms with E-state index in [0.717, 1.165) is 88.9 Å². The highest BCUT2D eigenvalue weighted by Gasteiger charge is 2.19. The SMILES string of the molecule is c1ccc(-c2cccc(-n3c4cc(-c5ccc6c(c5)c5ccccc5n6-c5cccc(-c6nc(-c7ccccc7)cc(-c7ccccc7)n6)c5)ccc4c4c5ncccc5ccc43)c2)cc1. The Morgan fingerprint density at radius 2 is 0.864 bits per heavy atom. The van der Waals surface area contributed by atoms with Gasteiger partial charge >= 0.3 is 0 Å². The fourth-order valence-corrected chi connectivity index (χ4v) is 9.86. The van der Waals surface area contributed by atoms with Crippen molar-refractivity contribution in [3.63, 3.8) is 0 Å². The molecule has 0 fully saturated rings. The Balaban J connectivity index is 0.962. The van der Waals surface area contributed by atoms with Crippen LogP contribution in [0.25, 0.3) is 122 Å². The predicted molar refractivity (Wildman–Crippen MR) is 273 cm³/mol. The zero-order chi connectivity index (χ0) is 43.6. The maximum absolute atomic E-state index is 5.16. The quantitative estimate of drug-likeness (QED) is 0.161. The van der Waals surface area contributed by atoms with Crippen molar-refractivity contribution in [2.45, 2.75) is 0 Å². The molecule has 0 saturated carbocycles. The molecule has 4 heterocycles. The van der Waals surface area contributed by atoms with Crippen LogP contribution in [0, 0.1) is 0 Å². The van der Waals surface area contributed by atoms with E-state index in [1.165, 1.54) is 27.3 Å². The van der Waals surface area contributed by atoms with Gasteiger partial charge in [0.25, 0.3) is 0 Å². The molecule has 0 radical (unpaired) electrons. The van der Waals surface area contributed by atoms with Crippen LogP contribution in [0.15, 0.2) is 237 Å². The summed E-state index contributed by atoms with van der Waals surface area (Å²) in [6.45, 7) is 0. The number of para-hydroxylation sites is 1. The van der Waals surface area contributed by atoms with Gasteiger partial charge in [-0.25, -0.2) is 9.97 Å². The maximum atomic E-state index is 5.16. The molecule has 0 aliphatic carbocycles. The fraction of sp³-hybridized carbons (Fsp3) is 0. The highest BCUT2D eigenvalue weighted by Crippen LogP contribution is 2.41. The molecule has 0 bridgehead atoms. The molecule has 0 amide bonds. The van der Waals surface area contributed by atoms with E-state index in [1.807, 2.05) is 24.4 Å². The Morgan fingerprint density at radius 3 is 1.61 bits per heavy atom. The molecule has 5 heteroatoms. The number of aromatic nitrogens is 5. The van der Waals surface area contributed by atoms with Crippen LogP contribution in [-0.4, -0.2) is 24.1 Å². The average molecular weight is 842 g/mol. The van der Waals surface area contributed by atoms with Crippen molar-refractivity contribution in [2.24, 2.45) is 0 Å². The van der Waals surface area contributed by atoms with Crippen molar-refractivity contribution >= 4 is 54.5 Å². The number of hydrogen-bond acceptors (Lipinski definition) is 3. The molecule has 0 atom stereocenters. The zero-order valence-electron chi connectivity index (χ0n) is 35.8. The van der Waals surface area contributed by atoms with Gasteiger partial charge in [-0.3, -0.25) is 4.98 Å². The number of hydrogen-bond donors (Lipinski definition) is 0. The smallest absolute Gasteiger partial charge is 0.160 e. The Labute approximate surface area is 381 Å². The summed E-state index contributed by atoms with van der Waals surface area (Å²) in [5.74, 6) is 0.684. The molecule has 0 spiro atoms. The summed E-state index contributed by atoms with van der Waals surface area (Å²) in [4.78, 5) is 15.3. The van der Waals surface area contributed by atoms with Crippen molar-refractivity contribution in [3.05, 3.63) is 237 Å². The average Bonchev–Trinajstić information content (AvgIpc) is 3.92. The van der Waals surface area contributed by atoms with E-state index in [9.17, 15) is 0 Å². The van der Waals surface area contributed by atoms with Crippen LogP contribution in [0.5, 0.6) is 0 Å². The first-order chi connectivity index (χ1) is 32.7. The van der Waals surface area contributed by atoms with E-state index in [2.05, 4.69) is 221 Å². The van der Waals surface area contributed by atoms with Gasteiger partial charge in [-0.05, 0) is 89.0 Å². The number of fused-ring (bicyclic) bond motifs is 8.